The van der Waals surface area contributed by atoms with E-state index >= 15 is 0 Å². The van der Waals surface area contributed by atoms with Crippen molar-refractivity contribution in [2.75, 3.05) is 13.1 Å². The van der Waals surface area contributed by atoms with E-state index in [1.807, 2.05) is 62.0 Å². The summed E-state index contributed by atoms with van der Waals surface area (Å²) in [7, 11) is -1.66. The number of benzene rings is 1. The van der Waals surface area contributed by atoms with Gasteiger partial charge in [0, 0.05) is 41.8 Å². The topological polar surface area (TPSA) is 55.2 Å². The van der Waals surface area contributed by atoms with Gasteiger partial charge in [0.05, 0.1) is 11.4 Å². The Morgan fingerprint density at radius 3 is 2.48 bits per heavy atom. The summed E-state index contributed by atoms with van der Waals surface area (Å²) in [4.78, 5) is 5.10. The highest BCUT2D eigenvalue weighted by Gasteiger charge is 2.28. The first-order valence-corrected chi connectivity index (χ1v) is 12.4. The Bertz CT molecular complexity index is 1100. The fourth-order valence-electron chi connectivity index (χ4n) is 3.30. The normalized spacial score (nSPS) is 12.1. The fraction of sp³-hybridized carbons (Fsp3) is 0.381. The van der Waals surface area contributed by atoms with Gasteiger partial charge in [-0.25, -0.2) is 13.4 Å². The third kappa shape index (κ3) is 4.43. The molecule has 0 atom stereocenters. The summed E-state index contributed by atoms with van der Waals surface area (Å²) in [6.45, 7) is 6.88. The largest absolute Gasteiger partial charge is 0.345 e. The smallest absolute Gasteiger partial charge is 0.244 e. The lowest BCUT2D eigenvalue weighted by atomic mass is 10.2. The summed E-state index contributed by atoms with van der Waals surface area (Å²) in [5, 5.41) is 3.41. The minimum atomic E-state index is -3.54. The Balaban J connectivity index is 2.02. The lowest BCUT2D eigenvalue weighted by Gasteiger charge is -2.20. The molecule has 5 nitrogen and oxygen atoms in total. The van der Waals surface area contributed by atoms with Crippen molar-refractivity contribution >= 4 is 33.0 Å². The zero-order chi connectivity index (χ0) is 21.2. The maximum atomic E-state index is 13.3. The molecule has 1 aromatic carbocycles. The zero-order valence-electron chi connectivity index (χ0n) is 17.1. The van der Waals surface area contributed by atoms with E-state index in [1.54, 1.807) is 10.4 Å². The quantitative estimate of drug-likeness (QED) is 0.448. The zero-order valence-corrected chi connectivity index (χ0v) is 19.5. The van der Waals surface area contributed by atoms with E-state index in [4.69, 9.17) is 16.6 Å². The molecule has 0 saturated carbocycles. The summed E-state index contributed by atoms with van der Waals surface area (Å²) >= 11 is 7.59. The molecular formula is C21H26ClN3O2S2. The van der Waals surface area contributed by atoms with E-state index in [2.05, 4.69) is 0 Å². The Kier molecular flexibility index (Phi) is 6.83. The van der Waals surface area contributed by atoms with Crippen LogP contribution in [0.25, 0.3) is 22.0 Å². The van der Waals surface area contributed by atoms with E-state index in [1.165, 1.54) is 11.3 Å². The van der Waals surface area contributed by atoms with Crippen molar-refractivity contribution in [3.05, 3.63) is 46.4 Å². The molecule has 2 aromatic heterocycles. The molecule has 0 amide bonds. The van der Waals surface area contributed by atoms with Crippen molar-refractivity contribution in [1.82, 2.24) is 13.9 Å². The van der Waals surface area contributed by atoms with Gasteiger partial charge in [-0.15, -0.1) is 11.3 Å². The lowest BCUT2D eigenvalue weighted by Crippen LogP contribution is -2.32. The van der Waals surface area contributed by atoms with Crippen LogP contribution in [-0.2, 0) is 17.1 Å². The first kappa shape index (κ1) is 22.0. The molecule has 0 spiro atoms. The summed E-state index contributed by atoms with van der Waals surface area (Å²) in [5.74, 6) is 0. The van der Waals surface area contributed by atoms with Crippen LogP contribution < -0.4 is 0 Å². The Morgan fingerprint density at radius 1 is 1.17 bits per heavy atom. The van der Waals surface area contributed by atoms with Gasteiger partial charge in [-0.2, -0.15) is 4.31 Å². The van der Waals surface area contributed by atoms with Gasteiger partial charge in [0.2, 0.25) is 10.0 Å². The molecule has 29 heavy (non-hydrogen) atoms. The average molecular weight is 452 g/mol. The second-order valence-corrected chi connectivity index (χ2v) is 10.2. The molecule has 156 valence electrons. The minimum Gasteiger partial charge on any atom is -0.345 e. The van der Waals surface area contributed by atoms with Gasteiger partial charge in [-0.05, 0) is 38.0 Å². The number of thiazole rings is 1. The molecule has 3 aromatic rings. The monoisotopic (exact) mass is 451 g/mol. The van der Waals surface area contributed by atoms with Crippen molar-refractivity contribution in [3.63, 3.8) is 0 Å². The second-order valence-electron chi connectivity index (χ2n) is 6.99. The van der Waals surface area contributed by atoms with Gasteiger partial charge in [0.15, 0.2) is 0 Å². The molecule has 2 heterocycles. The van der Waals surface area contributed by atoms with Crippen molar-refractivity contribution in [2.45, 2.75) is 38.5 Å². The molecule has 0 N–H and O–H groups in total. The summed E-state index contributed by atoms with van der Waals surface area (Å²) in [5.41, 5.74) is 3.29. The van der Waals surface area contributed by atoms with Crippen LogP contribution in [-0.4, -0.2) is 35.4 Å². The first-order valence-electron chi connectivity index (χ1n) is 9.67. The van der Waals surface area contributed by atoms with Crippen LogP contribution in [0.15, 0.2) is 40.6 Å². The number of aromatic nitrogens is 2. The number of hydrogen-bond donors (Lipinski definition) is 0. The molecule has 0 saturated heterocycles. The lowest BCUT2D eigenvalue weighted by molar-refractivity contribution is 0.409. The summed E-state index contributed by atoms with van der Waals surface area (Å²) < 4.78 is 30.0. The minimum absolute atomic E-state index is 0.358. The fourth-order valence-corrected chi connectivity index (χ4v) is 6.26. The predicted molar refractivity (Wildman–Crippen MR) is 121 cm³/mol. The Labute approximate surface area is 182 Å². The van der Waals surface area contributed by atoms with E-state index in [-0.39, 0.29) is 0 Å². The molecule has 0 bridgehead atoms. The third-order valence-electron chi connectivity index (χ3n) is 4.90. The number of nitrogens with zero attached hydrogens (tertiary/aromatic N) is 3. The SMILES string of the molecule is CCCN(CCC)S(=O)(=O)c1cc(-c2nc(-c3cccc(Cl)c3)cs2)n(C)c1C. The van der Waals surface area contributed by atoms with Crippen molar-refractivity contribution in [2.24, 2.45) is 7.05 Å². The number of hydrogen-bond acceptors (Lipinski definition) is 4. The van der Waals surface area contributed by atoms with Crippen molar-refractivity contribution in [3.8, 4) is 22.0 Å². The molecule has 8 heteroatoms. The third-order valence-corrected chi connectivity index (χ3v) is 8.01. The van der Waals surface area contributed by atoms with Crippen LogP contribution in [0.5, 0.6) is 0 Å². The molecule has 0 aliphatic carbocycles. The highest BCUT2D eigenvalue weighted by Crippen LogP contribution is 2.34. The van der Waals surface area contributed by atoms with Gasteiger partial charge in [-0.3, -0.25) is 0 Å². The average Bonchev–Trinajstić information content (AvgIpc) is 3.28. The number of sulfonamides is 1. The van der Waals surface area contributed by atoms with Gasteiger partial charge in [0.1, 0.15) is 9.90 Å². The van der Waals surface area contributed by atoms with E-state index in [0.29, 0.717) is 23.0 Å². The van der Waals surface area contributed by atoms with Crippen LogP contribution in [0.1, 0.15) is 32.4 Å². The highest BCUT2D eigenvalue weighted by molar-refractivity contribution is 7.89. The molecule has 0 aliphatic heterocycles. The van der Waals surface area contributed by atoms with Crippen molar-refractivity contribution in [1.29, 1.82) is 0 Å². The summed E-state index contributed by atoms with van der Waals surface area (Å²) in [6.07, 6.45) is 1.57. The Hall–Kier alpha value is -1.67. The van der Waals surface area contributed by atoms with E-state index < -0.39 is 10.0 Å². The Morgan fingerprint density at radius 2 is 1.86 bits per heavy atom. The highest BCUT2D eigenvalue weighted by atomic mass is 35.5. The number of halogens is 1. The molecule has 3 rings (SSSR count). The first-order chi connectivity index (χ1) is 13.8. The van der Waals surface area contributed by atoms with Gasteiger partial charge < -0.3 is 4.57 Å². The summed E-state index contributed by atoms with van der Waals surface area (Å²) in [6, 6.07) is 9.31. The van der Waals surface area contributed by atoms with Crippen molar-refractivity contribution < 1.29 is 8.42 Å². The van der Waals surface area contributed by atoms with E-state index in [0.717, 1.165) is 40.5 Å². The molecule has 0 fully saturated rings. The maximum Gasteiger partial charge on any atom is 0.244 e. The van der Waals surface area contributed by atoms with E-state index in [9.17, 15) is 8.42 Å². The van der Waals surface area contributed by atoms with Gasteiger partial charge in [-0.1, -0.05) is 37.6 Å². The van der Waals surface area contributed by atoms with Crippen LogP contribution in [0.3, 0.4) is 0 Å². The van der Waals surface area contributed by atoms with Crippen LogP contribution in [0.2, 0.25) is 5.02 Å². The van der Waals surface area contributed by atoms with Crippen LogP contribution >= 0.6 is 22.9 Å². The maximum absolute atomic E-state index is 13.3. The van der Waals surface area contributed by atoms with Gasteiger partial charge in [0.25, 0.3) is 0 Å². The second kappa shape index (κ2) is 9.00. The molecule has 0 aliphatic rings. The number of rotatable bonds is 8. The standard InChI is InChI=1S/C21H26ClN3O2S2/c1-5-10-25(11-6-2)29(26,27)20-13-19(24(4)15(20)3)21-23-18(14-28-21)16-8-7-9-17(22)12-16/h7-9,12-14H,5-6,10-11H2,1-4H3. The molecule has 0 radical (unpaired) electrons. The predicted octanol–water partition coefficient (Wildman–Crippen LogP) is 5.59. The molecular weight excluding hydrogens is 426 g/mol. The molecule has 0 unspecified atom stereocenters. The van der Waals surface area contributed by atoms with Crippen LogP contribution in [0, 0.1) is 6.92 Å². The van der Waals surface area contributed by atoms with Gasteiger partial charge >= 0.3 is 0 Å². The van der Waals surface area contributed by atoms with Crippen LogP contribution in [0.4, 0.5) is 0 Å².